The first kappa shape index (κ1) is 12.9. The summed E-state index contributed by atoms with van der Waals surface area (Å²) < 4.78 is 3.94. The number of fused-ring (bicyclic) bond motifs is 1. The van der Waals surface area contributed by atoms with Crippen molar-refractivity contribution >= 4 is 5.91 Å². The lowest BCUT2D eigenvalue weighted by molar-refractivity contribution is 0.0944. The first-order valence-electron chi connectivity index (χ1n) is 7.07. The average Bonchev–Trinajstić information content (AvgIpc) is 3.12. The fraction of sp³-hybridized carbons (Fsp3) is 0.500. The summed E-state index contributed by atoms with van der Waals surface area (Å²) in [5, 5.41) is 7.12. The summed E-state index contributed by atoms with van der Waals surface area (Å²) >= 11 is 0. The third-order valence-corrected chi connectivity index (χ3v) is 3.82. The summed E-state index contributed by atoms with van der Waals surface area (Å²) in [6.45, 7) is 4.46. The summed E-state index contributed by atoms with van der Waals surface area (Å²) in [7, 11) is 0. The Morgan fingerprint density at radius 3 is 3.25 bits per heavy atom. The van der Waals surface area contributed by atoms with E-state index in [1.54, 1.807) is 17.1 Å². The zero-order valence-electron chi connectivity index (χ0n) is 11.6. The van der Waals surface area contributed by atoms with Gasteiger partial charge in [-0.15, -0.1) is 0 Å². The van der Waals surface area contributed by atoms with Crippen molar-refractivity contribution in [1.82, 2.24) is 24.6 Å². The van der Waals surface area contributed by atoms with E-state index >= 15 is 0 Å². The molecule has 0 fully saturated rings. The van der Waals surface area contributed by atoms with Crippen LogP contribution in [0, 0.1) is 5.92 Å². The Hall–Kier alpha value is -2.11. The second-order valence-corrected chi connectivity index (χ2v) is 5.19. The number of nitrogens with one attached hydrogen (secondary N) is 1. The Bertz CT molecular complexity index is 600. The minimum atomic E-state index is -0.0429. The fourth-order valence-electron chi connectivity index (χ4n) is 2.58. The Labute approximate surface area is 117 Å². The molecule has 1 aliphatic heterocycles. The molecule has 0 aromatic carbocycles. The number of aryl methyl sites for hydroxylation is 2. The highest BCUT2D eigenvalue weighted by Gasteiger charge is 2.20. The molecule has 3 rings (SSSR count). The lowest BCUT2D eigenvalue weighted by Crippen LogP contribution is -2.33. The summed E-state index contributed by atoms with van der Waals surface area (Å²) in [4.78, 5) is 16.4. The van der Waals surface area contributed by atoms with Gasteiger partial charge in [-0.25, -0.2) is 4.98 Å². The number of hydrogen-bond donors (Lipinski definition) is 1. The van der Waals surface area contributed by atoms with E-state index in [-0.39, 0.29) is 5.91 Å². The van der Waals surface area contributed by atoms with E-state index in [2.05, 4.69) is 20.0 Å². The second kappa shape index (κ2) is 5.48. The van der Waals surface area contributed by atoms with Gasteiger partial charge >= 0.3 is 0 Å². The zero-order chi connectivity index (χ0) is 13.9. The normalized spacial score (nSPS) is 17.8. The summed E-state index contributed by atoms with van der Waals surface area (Å²) in [6.07, 6.45) is 9.27. The van der Waals surface area contributed by atoms with Crippen LogP contribution in [0.2, 0.25) is 0 Å². The zero-order valence-corrected chi connectivity index (χ0v) is 11.6. The third-order valence-electron chi connectivity index (χ3n) is 3.82. The molecule has 0 spiro atoms. The van der Waals surface area contributed by atoms with Crippen molar-refractivity contribution < 1.29 is 4.79 Å². The van der Waals surface area contributed by atoms with Crippen LogP contribution in [0.3, 0.4) is 0 Å². The molecule has 2 aromatic rings. The number of amides is 1. The van der Waals surface area contributed by atoms with E-state index in [4.69, 9.17) is 0 Å². The molecule has 106 valence electrons. The molecule has 1 atom stereocenters. The van der Waals surface area contributed by atoms with Gasteiger partial charge in [-0.3, -0.25) is 9.48 Å². The molecule has 0 saturated heterocycles. The SMILES string of the molecule is CCn1cc(C(=O)NCC2CCn3ccnc3C2)cn1. The van der Waals surface area contributed by atoms with Crippen LogP contribution >= 0.6 is 0 Å². The highest BCUT2D eigenvalue weighted by molar-refractivity contribution is 5.93. The quantitative estimate of drug-likeness (QED) is 0.907. The number of carbonyl (C=O) groups is 1. The van der Waals surface area contributed by atoms with Crippen molar-refractivity contribution in [3.05, 3.63) is 36.2 Å². The largest absolute Gasteiger partial charge is 0.352 e. The topological polar surface area (TPSA) is 64.7 Å². The van der Waals surface area contributed by atoms with E-state index < -0.39 is 0 Å². The van der Waals surface area contributed by atoms with Crippen LogP contribution in [0.4, 0.5) is 0 Å². The van der Waals surface area contributed by atoms with Crippen molar-refractivity contribution in [1.29, 1.82) is 0 Å². The minimum absolute atomic E-state index is 0.0429. The number of aromatic nitrogens is 4. The van der Waals surface area contributed by atoms with Crippen LogP contribution in [-0.4, -0.2) is 31.8 Å². The monoisotopic (exact) mass is 273 g/mol. The lowest BCUT2D eigenvalue weighted by Gasteiger charge is -2.23. The molecule has 2 aromatic heterocycles. The molecule has 1 unspecified atom stereocenters. The molecule has 0 aliphatic carbocycles. The van der Waals surface area contributed by atoms with Crippen LogP contribution in [0.1, 0.15) is 29.5 Å². The van der Waals surface area contributed by atoms with E-state index in [0.29, 0.717) is 18.0 Å². The van der Waals surface area contributed by atoms with Gasteiger partial charge in [0.2, 0.25) is 0 Å². The van der Waals surface area contributed by atoms with Crippen molar-refractivity contribution in [2.45, 2.75) is 32.9 Å². The molecule has 0 radical (unpaired) electrons. The van der Waals surface area contributed by atoms with Gasteiger partial charge in [0.15, 0.2) is 0 Å². The molecule has 1 amide bonds. The van der Waals surface area contributed by atoms with E-state index in [0.717, 1.165) is 31.8 Å². The van der Waals surface area contributed by atoms with E-state index in [1.165, 1.54) is 0 Å². The van der Waals surface area contributed by atoms with Crippen LogP contribution < -0.4 is 5.32 Å². The first-order valence-corrected chi connectivity index (χ1v) is 7.07. The molecule has 1 N–H and O–H groups in total. The molecule has 6 nitrogen and oxygen atoms in total. The molecule has 1 aliphatic rings. The van der Waals surface area contributed by atoms with E-state index in [1.807, 2.05) is 19.3 Å². The third kappa shape index (κ3) is 2.59. The van der Waals surface area contributed by atoms with Gasteiger partial charge in [0, 0.05) is 44.6 Å². The predicted octanol–water partition coefficient (Wildman–Crippen LogP) is 1.09. The van der Waals surface area contributed by atoms with Crippen molar-refractivity contribution in [2.75, 3.05) is 6.54 Å². The predicted molar refractivity (Wildman–Crippen MR) is 74.3 cm³/mol. The summed E-state index contributed by atoms with van der Waals surface area (Å²) in [5.74, 6) is 1.54. The highest BCUT2D eigenvalue weighted by Crippen LogP contribution is 2.18. The maximum Gasteiger partial charge on any atom is 0.254 e. The smallest absolute Gasteiger partial charge is 0.254 e. The second-order valence-electron chi connectivity index (χ2n) is 5.19. The number of imidazole rings is 1. The summed E-state index contributed by atoms with van der Waals surface area (Å²) in [5.41, 5.74) is 0.629. The van der Waals surface area contributed by atoms with Crippen LogP contribution in [-0.2, 0) is 19.5 Å². The van der Waals surface area contributed by atoms with Crippen LogP contribution in [0.25, 0.3) is 0 Å². The van der Waals surface area contributed by atoms with Gasteiger partial charge in [0.25, 0.3) is 5.91 Å². The maximum absolute atomic E-state index is 12.0. The molecule has 0 bridgehead atoms. The Balaban J connectivity index is 1.54. The van der Waals surface area contributed by atoms with Crippen LogP contribution in [0.15, 0.2) is 24.8 Å². The van der Waals surface area contributed by atoms with Crippen LogP contribution in [0.5, 0.6) is 0 Å². The molecular weight excluding hydrogens is 254 g/mol. The van der Waals surface area contributed by atoms with Crippen molar-refractivity contribution in [2.24, 2.45) is 5.92 Å². The molecular formula is C14H19N5O. The molecule has 20 heavy (non-hydrogen) atoms. The number of nitrogens with zero attached hydrogens (tertiary/aromatic N) is 4. The number of carbonyl (C=O) groups excluding carboxylic acids is 1. The standard InChI is InChI=1S/C14H19N5O/c1-2-19-10-12(9-17-19)14(20)16-8-11-3-5-18-6-4-15-13(18)7-11/h4,6,9-11H,2-3,5,7-8H2,1H3,(H,16,20). The highest BCUT2D eigenvalue weighted by atomic mass is 16.1. The molecule has 3 heterocycles. The number of rotatable bonds is 4. The minimum Gasteiger partial charge on any atom is -0.352 e. The van der Waals surface area contributed by atoms with Gasteiger partial charge in [0.05, 0.1) is 11.8 Å². The Morgan fingerprint density at radius 2 is 2.45 bits per heavy atom. The maximum atomic E-state index is 12.0. The number of hydrogen-bond acceptors (Lipinski definition) is 3. The average molecular weight is 273 g/mol. The van der Waals surface area contributed by atoms with Crippen molar-refractivity contribution in [3.8, 4) is 0 Å². The van der Waals surface area contributed by atoms with Gasteiger partial charge in [-0.05, 0) is 19.3 Å². The van der Waals surface area contributed by atoms with Gasteiger partial charge in [-0.2, -0.15) is 5.10 Å². The van der Waals surface area contributed by atoms with Gasteiger partial charge in [0.1, 0.15) is 5.82 Å². The fourth-order valence-corrected chi connectivity index (χ4v) is 2.58. The van der Waals surface area contributed by atoms with Gasteiger partial charge < -0.3 is 9.88 Å². The summed E-state index contributed by atoms with van der Waals surface area (Å²) in [6, 6.07) is 0. The lowest BCUT2D eigenvalue weighted by atomic mass is 9.98. The Morgan fingerprint density at radius 1 is 1.55 bits per heavy atom. The molecule has 6 heteroatoms. The Kier molecular flexibility index (Phi) is 3.54. The van der Waals surface area contributed by atoms with Gasteiger partial charge in [-0.1, -0.05) is 0 Å². The molecule has 0 saturated carbocycles. The first-order chi connectivity index (χ1) is 9.76. The van der Waals surface area contributed by atoms with E-state index in [9.17, 15) is 4.79 Å². The van der Waals surface area contributed by atoms with Crippen molar-refractivity contribution in [3.63, 3.8) is 0 Å².